The van der Waals surface area contributed by atoms with Crippen LogP contribution in [-0.2, 0) is 14.6 Å². The monoisotopic (exact) mass is 514 g/mol. The van der Waals surface area contributed by atoms with Crippen LogP contribution in [0, 0.1) is 0 Å². The molecule has 0 atom stereocenters. The average molecular weight is 515 g/mol. The Morgan fingerprint density at radius 3 is 2.39 bits per heavy atom. The van der Waals surface area contributed by atoms with Gasteiger partial charge in [-0.25, -0.2) is 13.2 Å². The van der Waals surface area contributed by atoms with E-state index in [9.17, 15) is 18.0 Å². The molecule has 0 saturated carbocycles. The summed E-state index contributed by atoms with van der Waals surface area (Å²) in [5.41, 5.74) is 0.537. The fraction of sp³-hybridized carbons (Fsp3) is 0.300. The van der Waals surface area contributed by atoms with Gasteiger partial charge in [0.1, 0.15) is 11.5 Å². The summed E-state index contributed by atoms with van der Waals surface area (Å²) >= 11 is 3.32. The second-order valence-corrected chi connectivity index (χ2v) is 9.33. The van der Waals surface area contributed by atoms with Gasteiger partial charge in [0, 0.05) is 12.7 Å². The van der Waals surface area contributed by atoms with E-state index in [2.05, 4.69) is 26.6 Å². The smallest absolute Gasteiger partial charge is 0.319 e. The van der Waals surface area contributed by atoms with E-state index in [1.54, 1.807) is 18.2 Å². The second kappa shape index (κ2) is 11.1. The Hall–Kier alpha value is -2.63. The first-order valence-corrected chi connectivity index (χ1v) is 11.6. The lowest BCUT2D eigenvalue weighted by Crippen LogP contribution is -2.33. The van der Waals surface area contributed by atoms with Crippen LogP contribution in [0.1, 0.15) is 17.3 Å². The number of hydrogen-bond acceptors (Lipinski definition) is 7. The lowest BCUT2D eigenvalue weighted by atomic mass is 10.1. The SMILES string of the molecule is CCS(=O)(=O)c1ccc(OC)c(NC(=O)NCC(=O)c2ccc(OCOC)c(Br)c2)c1. The minimum atomic E-state index is -3.46. The first-order chi connectivity index (χ1) is 14.7. The molecule has 2 aromatic rings. The highest BCUT2D eigenvalue weighted by atomic mass is 79.9. The lowest BCUT2D eigenvalue weighted by Gasteiger charge is -2.13. The van der Waals surface area contributed by atoms with E-state index in [1.807, 2.05) is 0 Å². The summed E-state index contributed by atoms with van der Waals surface area (Å²) in [7, 11) is -0.567. The molecule has 0 heterocycles. The van der Waals surface area contributed by atoms with Gasteiger partial charge in [-0.3, -0.25) is 4.79 Å². The summed E-state index contributed by atoms with van der Waals surface area (Å²) in [5, 5.41) is 4.96. The number of carbonyl (C=O) groups is 2. The van der Waals surface area contributed by atoms with Crippen LogP contribution < -0.4 is 20.1 Å². The Labute approximate surface area is 189 Å². The number of ketones is 1. The third kappa shape index (κ3) is 6.68. The van der Waals surface area contributed by atoms with Gasteiger partial charge in [0.2, 0.25) is 0 Å². The van der Waals surface area contributed by atoms with E-state index in [1.165, 1.54) is 39.3 Å². The number of rotatable bonds is 10. The van der Waals surface area contributed by atoms with Gasteiger partial charge < -0.3 is 24.8 Å². The van der Waals surface area contributed by atoms with Crippen LogP contribution >= 0.6 is 15.9 Å². The quantitative estimate of drug-likeness (QED) is 0.368. The standard InChI is InChI=1S/C20H23BrN2O7S/c1-4-31(26,27)14-6-8-19(29-3)16(10-14)23-20(25)22-11-17(24)13-5-7-18(15(21)9-13)30-12-28-2/h5-10H,4,11-12H2,1-3H3,(H2,22,23,25). The zero-order chi connectivity index (χ0) is 23.0. The summed E-state index contributed by atoms with van der Waals surface area (Å²) in [6, 6.07) is 8.25. The first kappa shape index (κ1) is 24.6. The molecular weight excluding hydrogens is 492 g/mol. The second-order valence-electron chi connectivity index (χ2n) is 6.19. The van der Waals surface area contributed by atoms with Crippen LogP contribution in [0.3, 0.4) is 0 Å². The van der Waals surface area contributed by atoms with E-state index in [-0.39, 0.29) is 41.2 Å². The first-order valence-electron chi connectivity index (χ1n) is 9.12. The molecule has 2 amide bonds. The number of halogens is 1. The van der Waals surface area contributed by atoms with Crippen molar-refractivity contribution in [1.29, 1.82) is 0 Å². The number of ether oxygens (including phenoxy) is 3. The lowest BCUT2D eigenvalue weighted by molar-refractivity contribution is 0.0506. The molecule has 0 fully saturated rings. The maximum absolute atomic E-state index is 12.4. The van der Waals surface area contributed by atoms with Crippen LogP contribution in [0.4, 0.5) is 10.5 Å². The molecule has 0 bridgehead atoms. The Morgan fingerprint density at radius 1 is 1.06 bits per heavy atom. The van der Waals surface area contributed by atoms with E-state index in [0.717, 1.165) is 0 Å². The van der Waals surface area contributed by atoms with Crippen molar-refractivity contribution in [2.24, 2.45) is 0 Å². The van der Waals surface area contributed by atoms with Crippen LogP contribution in [0.15, 0.2) is 45.8 Å². The summed E-state index contributed by atoms with van der Waals surface area (Å²) in [5.74, 6) is 0.387. The number of anilines is 1. The molecule has 31 heavy (non-hydrogen) atoms. The van der Waals surface area contributed by atoms with Gasteiger partial charge >= 0.3 is 6.03 Å². The van der Waals surface area contributed by atoms with Gasteiger partial charge in [0.25, 0.3) is 0 Å². The Balaban J connectivity index is 2.04. The number of urea groups is 1. The molecule has 0 spiro atoms. The third-order valence-electron chi connectivity index (χ3n) is 4.15. The molecule has 0 aliphatic carbocycles. The zero-order valence-corrected chi connectivity index (χ0v) is 19.6. The molecule has 9 nitrogen and oxygen atoms in total. The Kier molecular flexibility index (Phi) is 8.84. The third-order valence-corrected chi connectivity index (χ3v) is 6.51. The summed E-state index contributed by atoms with van der Waals surface area (Å²) < 4.78 is 40.1. The number of Topliss-reactive ketones (excluding diaryl/α,β-unsaturated/α-hetero) is 1. The highest BCUT2D eigenvalue weighted by Gasteiger charge is 2.17. The van der Waals surface area contributed by atoms with Crippen LogP contribution in [-0.4, -0.2) is 53.5 Å². The van der Waals surface area contributed by atoms with Crippen molar-refractivity contribution in [3.05, 3.63) is 46.4 Å². The zero-order valence-electron chi connectivity index (χ0n) is 17.2. The number of nitrogens with one attached hydrogen (secondary N) is 2. The van der Waals surface area contributed by atoms with Crippen molar-refractivity contribution < 1.29 is 32.2 Å². The van der Waals surface area contributed by atoms with Crippen molar-refractivity contribution in [3.63, 3.8) is 0 Å². The minimum Gasteiger partial charge on any atom is -0.495 e. The highest BCUT2D eigenvalue weighted by molar-refractivity contribution is 9.10. The molecule has 0 unspecified atom stereocenters. The van der Waals surface area contributed by atoms with Gasteiger partial charge in [-0.2, -0.15) is 0 Å². The highest BCUT2D eigenvalue weighted by Crippen LogP contribution is 2.28. The van der Waals surface area contributed by atoms with E-state index in [0.29, 0.717) is 15.8 Å². The number of methoxy groups -OCH3 is 2. The molecule has 0 aliphatic heterocycles. The van der Waals surface area contributed by atoms with Crippen molar-refractivity contribution in [3.8, 4) is 11.5 Å². The van der Waals surface area contributed by atoms with Crippen molar-refractivity contribution in [2.75, 3.05) is 38.6 Å². The maximum atomic E-state index is 12.4. The van der Waals surface area contributed by atoms with Crippen molar-refractivity contribution in [2.45, 2.75) is 11.8 Å². The summed E-state index contributed by atoms with van der Waals surface area (Å²) in [6.07, 6.45) is 0. The molecule has 168 valence electrons. The number of sulfone groups is 1. The normalized spacial score (nSPS) is 11.0. The molecule has 2 N–H and O–H groups in total. The predicted molar refractivity (Wildman–Crippen MR) is 119 cm³/mol. The molecule has 0 aromatic heterocycles. The van der Waals surface area contributed by atoms with Gasteiger partial charge in [-0.05, 0) is 52.3 Å². The molecule has 2 rings (SSSR count). The Bertz CT molecular complexity index is 1060. The van der Waals surface area contributed by atoms with Gasteiger partial charge in [-0.15, -0.1) is 0 Å². The maximum Gasteiger partial charge on any atom is 0.319 e. The van der Waals surface area contributed by atoms with Crippen molar-refractivity contribution in [1.82, 2.24) is 5.32 Å². The predicted octanol–water partition coefficient (Wildman–Crippen LogP) is 3.24. The topological polar surface area (TPSA) is 120 Å². The van der Waals surface area contributed by atoms with Gasteiger partial charge in [-0.1, -0.05) is 6.92 Å². The summed E-state index contributed by atoms with van der Waals surface area (Å²) in [6.45, 7) is 1.32. The Morgan fingerprint density at radius 2 is 1.77 bits per heavy atom. The molecule has 0 radical (unpaired) electrons. The summed E-state index contributed by atoms with van der Waals surface area (Å²) in [4.78, 5) is 24.7. The number of hydrogen-bond donors (Lipinski definition) is 2. The van der Waals surface area contributed by atoms with Gasteiger partial charge in [0.05, 0.1) is 34.5 Å². The van der Waals surface area contributed by atoms with Crippen LogP contribution in [0.2, 0.25) is 0 Å². The average Bonchev–Trinajstić information content (AvgIpc) is 2.76. The van der Waals surface area contributed by atoms with E-state index < -0.39 is 15.9 Å². The van der Waals surface area contributed by atoms with Gasteiger partial charge in [0.15, 0.2) is 22.4 Å². The number of carbonyl (C=O) groups excluding carboxylic acids is 2. The van der Waals surface area contributed by atoms with Crippen LogP contribution in [0.25, 0.3) is 0 Å². The molecule has 0 saturated heterocycles. The van der Waals surface area contributed by atoms with Crippen molar-refractivity contribution >= 4 is 43.3 Å². The minimum absolute atomic E-state index is 0.0582. The fourth-order valence-electron chi connectivity index (χ4n) is 2.49. The number of benzene rings is 2. The largest absolute Gasteiger partial charge is 0.495 e. The fourth-order valence-corrected chi connectivity index (χ4v) is 3.89. The van der Waals surface area contributed by atoms with E-state index >= 15 is 0 Å². The molecular formula is C20H23BrN2O7S. The molecule has 0 aliphatic rings. The van der Waals surface area contributed by atoms with E-state index in [4.69, 9.17) is 14.2 Å². The number of amides is 2. The van der Waals surface area contributed by atoms with Crippen LogP contribution in [0.5, 0.6) is 11.5 Å². The molecule has 11 heteroatoms. The molecule has 2 aromatic carbocycles.